The highest BCUT2D eigenvalue weighted by atomic mass is 28.4. The molecule has 2 atom stereocenters. The summed E-state index contributed by atoms with van der Waals surface area (Å²) in [6, 6.07) is 7.10. The van der Waals surface area contributed by atoms with Gasteiger partial charge in [0.05, 0.1) is 12.6 Å². The van der Waals surface area contributed by atoms with E-state index in [1.807, 2.05) is 24.3 Å². The van der Waals surface area contributed by atoms with Gasteiger partial charge >= 0.3 is 0 Å². The molecule has 1 aromatic carbocycles. The molecule has 27 heavy (non-hydrogen) atoms. The van der Waals surface area contributed by atoms with E-state index in [1.54, 1.807) is 0 Å². The Hall–Kier alpha value is -1.21. The molecule has 1 unspecified atom stereocenters. The van der Waals surface area contributed by atoms with E-state index in [4.69, 9.17) is 4.43 Å². The van der Waals surface area contributed by atoms with E-state index in [1.165, 1.54) is 0 Å². The maximum atomic E-state index is 13.1. The standard InChI is InChI=1S/C21H36N2O3Si/c1-15(2)18(14-26-27(6,7)21(3,4)5)22-20(24)19-17-11-9-8-10-16(17)12-13-23(19)25/h8-11,15,18-19,25H,12-14H2,1-7H3,(H,22,24)/t18-,19?/m1/s1. The van der Waals surface area contributed by atoms with Crippen LogP contribution in [0.4, 0.5) is 0 Å². The second-order valence-electron chi connectivity index (χ2n) is 9.44. The molecule has 1 aliphatic heterocycles. The summed E-state index contributed by atoms with van der Waals surface area (Å²) >= 11 is 0. The van der Waals surface area contributed by atoms with Gasteiger partial charge in [-0.25, -0.2) is 0 Å². The van der Waals surface area contributed by atoms with Gasteiger partial charge in [-0.1, -0.05) is 58.9 Å². The molecule has 1 aromatic rings. The first kappa shape index (κ1) is 22.1. The first-order valence-electron chi connectivity index (χ1n) is 9.91. The van der Waals surface area contributed by atoms with Gasteiger partial charge < -0.3 is 15.0 Å². The van der Waals surface area contributed by atoms with Crippen LogP contribution in [0.25, 0.3) is 0 Å². The molecular formula is C21H36N2O3Si. The Morgan fingerprint density at radius 2 is 1.96 bits per heavy atom. The Kier molecular flexibility index (Phi) is 6.89. The molecule has 0 bridgehead atoms. The Labute approximate surface area is 165 Å². The average Bonchev–Trinajstić information content (AvgIpc) is 2.56. The molecule has 0 radical (unpaired) electrons. The molecule has 0 fully saturated rings. The SMILES string of the molecule is CC(C)[C@@H](CO[Si](C)(C)C(C)(C)C)NC(=O)C1c2ccccc2CCN1O. The molecule has 1 amide bonds. The van der Waals surface area contributed by atoms with Crippen LogP contribution in [0.3, 0.4) is 0 Å². The second kappa shape index (κ2) is 8.43. The van der Waals surface area contributed by atoms with Crippen molar-refractivity contribution >= 4 is 14.2 Å². The third-order valence-corrected chi connectivity index (χ3v) is 10.6. The summed E-state index contributed by atoms with van der Waals surface area (Å²) in [5.41, 5.74) is 2.01. The van der Waals surface area contributed by atoms with Gasteiger partial charge in [0, 0.05) is 6.54 Å². The van der Waals surface area contributed by atoms with Crippen LogP contribution in [-0.4, -0.2) is 43.7 Å². The normalized spacial score (nSPS) is 19.7. The fourth-order valence-electron chi connectivity index (χ4n) is 3.01. The van der Waals surface area contributed by atoms with Crippen molar-refractivity contribution in [3.8, 4) is 0 Å². The van der Waals surface area contributed by atoms with Crippen LogP contribution in [0, 0.1) is 5.92 Å². The molecule has 2 rings (SSSR count). The summed E-state index contributed by atoms with van der Waals surface area (Å²) in [4.78, 5) is 13.1. The molecular weight excluding hydrogens is 356 g/mol. The van der Waals surface area contributed by atoms with Gasteiger partial charge in [0.15, 0.2) is 8.32 Å². The first-order chi connectivity index (χ1) is 12.4. The van der Waals surface area contributed by atoms with Gasteiger partial charge in [-0.2, -0.15) is 5.06 Å². The zero-order chi connectivity index (χ0) is 20.4. The zero-order valence-corrected chi connectivity index (χ0v) is 18.9. The van der Waals surface area contributed by atoms with Crippen LogP contribution in [-0.2, 0) is 15.6 Å². The maximum absolute atomic E-state index is 13.1. The second-order valence-corrected chi connectivity index (χ2v) is 14.3. The average molecular weight is 393 g/mol. The van der Waals surface area contributed by atoms with Gasteiger partial charge in [0.1, 0.15) is 6.04 Å². The molecule has 0 aromatic heterocycles. The third-order valence-electron chi connectivity index (χ3n) is 6.07. The molecule has 5 nitrogen and oxygen atoms in total. The number of carbonyl (C=O) groups is 1. The lowest BCUT2D eigenvalue weighted by Gasteiger charge is -2.38. The number of rotatable bonds is 6. The van der Waals surface area contributed by atoms with Crippen molar-refractivity contribution in [2.75, 3.05) is 13.2 Å². The Balaban J connectivity index is 2.11. The van der Waals surface area contributed by atoms with Crippen molar-refractivity contribution in [2.24, 2.45) is 5.92 Å². The summed E-state index contributed by atoms with van der Waals surface area (Å²) < 4.78 is 6.35. The molecule has 0 saturated carbocycles. The monoisotopic (exact) mass is 392 g/mol. The Bertz CT molecular complexity index is 655. The lowest BCUT2D eigenvalue weighted by Crippen LogP contribution is -2.51. The minimum atomic E-state index is -1.89. The topological polar surface area (TPSA) is 61.8 Å². The number of nitrogens with one attached hydrogen (secondary N) is 1. The predicted octanol–water partition coefficient (Wildman–Crippen LogP) is 4.14. The van der Waals surface area contributed by atoms with Crippen molar-refractivity contribution in [1.29, 1.82) is 0 Å². The van der Waals surface area contributed by atoms with Crippen molar-refractivity contribution in [1.82, 2.24) is 10.4 Å². The quantitative estimate of drug-likeness (QED) is 0.714. The summed E-state index contributed by atoms with van der Waals surface area (Å²) in [6.07, 6.45) is 0.749. The third kappa shape index (κ3) is 5.19. The number of amides is 1. The van der Waals surface area contributed by atoms with Crippen molar-refractivity contribution < 1.29 is 14.4 Å². The number of carbonyl (C=O) groups excluding carboxylic acids is 1. The number of hydrogen-bond donors (Lipinski definition) is 2. The highest BCUT2D eigenvalue weighted by Gasteiger charge is 2.39. The summed E-state index contributed by atoms with van der Waals surface area (Å²) in [5.74, 6) is 0.0758. The zero-order valence-electron chi connectivity index (χ0n) is 17.9. The number of fused-ring (bicyclic) bond motifs is 1. The van der Waals surface area contributed by atoms with Crippen molar-refractivity contribution in [3.05, 3.63) is 35.4 Å². The van der Waals surface area contributed by atoms with Crippen LogP contribution in [0.15, 0.2) is 24.3 Å². The molecule has 0 saturated heterocycles. The van der Waals surface area contributed by atoms with Gasteiger partial charge in [-0.05, 0) is 41.6 Å². The first-order valence-corrected chi connectivity index (χ1v) is 12.8. The fourth-order valence-corrected chi connectivity index (χ4v) is 4.04. The van der Waals surface area contributed by atoms with Gasteiger partial charge in [-0.3, -0.25) is 4.79 Å². The van der Waals surface area contributed by atoms with E-state index in [2.05, 4.69) is 53.0 Å². The predicted molar refractivity (Wildman–Crippen MR) is 111 cm³/mol. The number of benzene rings is 1. The summed E-state index contributed by atoms with van der Waals surface area (Å²) in [5, 5.41) is 14.8. The van der Waals surface area contributed by atoms with Crippen molar-refractivity contribution in [2.45, 2.75) is 71.3 Å². The minimum Gasteiger partial charge on any atom is -0.415 e. The highest BCUT2D eigenvalue weighted by molar-refractivity contribution is 6.74. The molecule has 152 valence electrons. The van der Waals surface area contributed by atoms with E-state index >= 15 is 0 Å². The van der Waals surface area contributed by atoms with E-state index < -0.39 is 14.4 Å². The van der Waals surface area contributed by atoms with Gasteiger partial charge in [-0.15, -0.1) is 0 Å². The molecule has 2 N–H and O–H groups in total. The van der Waals surface area contributed by atoms with Crippen molar-refractivity contribution in [3.63, 3.8) is 0 Å². The fraction of sp³-hybridized carbons (Fsp3) is 0.667. The summed E-state index contributed by atoms with van der Waals surface area (Å²) in [6.45, 7) is 16.2. The number of hydroxylamine groups is 2. The molecule has 6 heteroatoms. The van der Waals surface area contributed by atoms with E-state index in [-0.39, 0.29) is 22.9 Å². The van der Waals surface area contributed by atoms with Gasteiger partial charge in [0.25, 0.3) is 0 Å². The minimum absolute atomic E-state index is 0.0888. The van der Waals surface area contributed by atoms with E-state index in [0.29, 0.717) is 13.2 Å². The molecule has 1 heterocycles. The lowest BCUT2D eigenvalue weighted by atomic mass is 9.93. The van der Waals surface area contributed by atoms with Crippen LogP contribution in [0.1, 0.15) is 51.8 Å². The largest absolute Gasteiger partial charge is 0.415 e. The van der Waals surface area contributed by atoms with Crippen LogP contribution >= 0.6 is 0 Å². The van der Waals surface area contributed by atoms with Crippen LogP contribution in [0.2, 0.25) is 18.1 Å². The van der Waals surface area contributed by atoms with Crippen LogP contribution in [0.5, 0.6) is 0 Å². The molecule has 0 aliphatic carbocycles. The molecule has 0 spiro atoms. The maximum Gasteiger partial charge on any atom is 0.244 e. The Morgan fingerprint density at radius 3 is 2.56 bits per heavy atom. The smallest absolute Gasteiger partial charge is 0.244 e. The number of hydrogen-bond acceptors (Lipinski definition) is 4. The Morgan fingerprint density at radius 1 is 1.33 bits per heavy atom. The molecule has 1 aliphatic rings. The summed E-state index contributed by atoms with van der Waals surface area (Å²) in [7, 11) is -1.89. The lowest BCUT2D eigenvalue weighted by molar-refractivity contribution is -0.159. The number of nitrogens with zero attached hydrogens (tertiary/aromatic N) is 1. The van der Waals surface area contributed by atoms with Gasteiger partial charge in [0.2, 0.25) is 5.91 Å². The highest BCUT2D eigenvalue weighted by Crippen LogP contribution is 2.36. The van der Waals surface area contributed by atoms with Crippen LogP contribution < -0.4 is 5.32 Å². The van der Waals surface area contributed by atoms with E-state index in [0.717, 1.165) is 22.6 Å². The van der Waals surface area contributed by atoms with E-state index in [9.17, 15) is 10.0 Å².